The lowest BCUT2D eigenvalue weighted by Crippen LogP contribution is -2.31. The highest BCUT2D eigenvalue weighted by atomic mass is 16.5. The van der Waals surface area contributed by atoms with Crippen LogP contribution in [0.15, 0.2) is 34.9 Å². The van der Waals surface area contributed by atoms with Gasteiger partial charge in [0.2, 0.25) is 0 Å². The van der Waals surface area contributed by atoms with Crippen molar-refractivity contribution in [3.8, 4) is 5.75 Å². The predicted molar refractivity (Wildman–Crippen MR) is 74.9 cm³/mol. The van der Waals surface area contributed by atoms with Gasteiger partial charge >= 0.3 is 0 Å². The van der Waals surface area contributed by atoms with Gasteiger partial charge in [0.15, 0.2) is 5.69 Å². The SMILES string of the molecule is Cc1cccc(OCCN(C)C(=O)c2cc(C)on2)c1. The first-order valence-electron chi connectivity index (χ1n) is 6.44. The lowest BCUT2D eigenvalue weighted by molar-refractivity contribution is 0.0763. The fourth-order valence-corrected chi connectivity index (χ4v) is 1.77. The molecule has 1 aromatic heterocycles. The topological polar surface area (TPSA) is 55.6 Å². The van der Waals surface area contributed by atoms with Gasteiger partial charge in [0.25, 0.3) is 5.91 Å². The van der Waals surface area contributed by atoms with Gasteiger partial charge in [0.05, 0.1) is 6.54 Å². The Balaban J connectivity index is 1.83. The van der Waals surface area contributed by atoms with Crippen LogP contribution in [0.4, 0.5) is 0 Å². The highest BCUT2D eigenvalue weighted by Crippen LogP contribution is 2.12. The Kier molecular flexibility index (Phi) is 4.40. The molecule has 0 aliphatic rings. The summed E-state index contributed by atoms with van der Waals surface area (Å²) in [5, 5.41) is 3.71. The molecule has 2 rings (SSSR count). The number of carbonyl (C=O) groups is 1. The van der Waals surface area contributed by atoms with E-state index in [4.69, 9.17) is 9.26 Å². The lowest BCUT2D eigenvalue weighted by atomic mass is 10.2. The zero-order valence-corrected chi connectivity index (χ0v) is 11.9. The summed E-state index contributed by atoms with van der Waals surface area (Å²) in [7, 11) is 1.71. The number of nitrogens with zero attached hydrogens (tertiary/aromatic N) is 2. The molecule has 1 aromatic carbocycles. The summed E-state index contributed by atoms with van der Waals surface area (Å²) < 4.78 is 10.5. The first kappa shape index (κ1) is 14.1. The molecule has 106 valence electrons. The van der Waals surface area contributed by atoms with E-state index < -0.39 is 0 Å². The minimum atomic E-state index is -0.172. The maximum atomic E-state index is 12.0. The molecule has 0 atom stereocenters. The number of carbonyl (C=O) groups excluding carboxylic acids is 1. The number of ether oxygens (including phenoxy) is 1. The number of hydrogen-bond donors (Lipinski definition) is 0. The molecule has 1 amide bonds. The number of rotatable bonds is 5. The van der Waals surface area contributed by atoms with Crippen LogP contribution in [0.3, 0.4) is 0 Å². The Hall–Kier alpha value is -2.30. The maximum Gasteiger partial charge on any atom is 0.275 e. The second kappa shape index (κ2) is 6.23. The van der Waals surface area contributed by atoms with Gasteiger partial charge in [0, 0.05) is 13.1 Å². The molecular weight excluding hydrogens is 256 g/mol. The van der Waals surface area contributed by atoms with E-state index in [0.29, 0.717) is 24.6 Å². The van der Waals surface area contributed by atoms with Crippen LogP contribution in [0.1, 0.15) is 21.8 Å². The molecule has 0 spiro atoms. The van der Waals surface area contributed by atoms with Crippen molar-refractivity contribution >= 4 is 5.91 Å². The monoisotopic (exact) mass is 274 g/mol. The summed E-state index contributed by atoms with van der Waals surface area (Å²) >= 11 is 0. The molecule has 0 N–H and O–H groups in total. The summed E-state index contributed by atoms with van der Waals surface area (Å²) in [6.07, 6.45) is 0. The molecule has 20 heavy (non-hydrogen) atoms. The molecule has 1 heterocycles. The smallest absolute Gasteiger partial charge is 0.275 e. The van der Waals surface area contributed by atoms with Gasteiger partial charge in [0.1, 0.15) is 18.1 Å². The highest BCUT2D eigenvalue weighted by molar-refractivity contribution is 5.92. The van der Waals surface area contributed by atoms with E-state index in [9.17, 15) is 4.79 Å². The van der Waals surface area contributed by atoms with Crippen LogP contribution in [0.25, 0.3) is 0 Å². The second-order valence-electron chi connectivity index (χ2n) is 4.71. The third kappa shape index (κ3) is 3.60. The molecule has 5 heteroatoms. The van der Waals surface area contributed by atoms with Gasteiger partial charge in [-0.3, -0.25) is 4.79 Å². The summed E-state index contributed by atoms with van der Waals surface area (Å²) in [5.41, 5.74) is 1.46. The molecule has 0 aliphatic carbocycles. The van der Waals surface area contributed by atoms with Crippen molar-refractivity contribution in [3.05, 3.63) is 47.3 Å². The van der Waals surface area contributed by atoms with Gasteiger partial charge in [-0.2, -0.15) is 0 Å². The van der Waals surface area contributed by atoms with Gasteiger partial charge in [-0.15, -0.1) is 0 Å². The fraction of sp³-hybridized carbons (Fsp3) is 0.333. The third-order valence-electron chi connectivity index (χ3n) is 2.88. The minimum Gasteiger partial charge on any atom is -0.492 e. The van der Waals surface area contributed by atoms with Crippen LogP contribution in [-0.2, 0) is 0 Å². The average molecular weight is 274 g/mol. The summed E-state index contributed by atoms with van der Waals surface area (Å²) in [5.74, 6) is 1.26. The van der Waals surface area contributed by atoms with E-state index in [-0.39, 0.29) is 5.91 Å². The zero-order chi connectivity index (χ0) is 14.5. The standard InChI is InChI=1S/C15H18N2O3/c1-11-5-4-6-13(9-11)19-8-7-17(3)15(18)14-10-12(2)20-16-14/h4-6,9-10H,7-8H2,1-3H3. The van der Waals surface area contributed by atoms with Gasteiger partial charge in [-0.05, 0) is 31.5 Å². The summed E-state index contributed by atoms with van der Waals surface area (Å²) in [6, 6.07) is 9.44. The normalized spacial score (nSPS) is 10.3. The number of hydrogen-bond acceptors (Lipinski definition) is 4. The van der Waals surface area contributed by atoms with Crippen molar-refractivity contribution < 1.29 is 14.1 Å². The summed E-state index contributed by atoms with van der Waals surface area (Å²) in [4.78, 5) is 13.6. The minimum absolute atomic E-state index is 0.172. The van der Waals surface area contributed by atoms with Crippen LogP contribution >= 0.6 is 0 Å². The first-order valence-corrected chi connectivity index (χ1v) is 6.44. The van der Waals surface area contributed by atoms with E-state index in [0.717, 1.165) is 11.3 Å². The van der Waals surface area contributed by atoms with E-state index in [2.05, 4.69) is 5.16 Å². The van der Waals surface area contributed by atoms with Crippen molar-refractivity contribution in [1.82, 2.24) is 10.1 Å². The lowest BCUT2D eigenvalue weighted by Gasteiger charge is -2.16. The third-order valence-corrected chi connectivity index (χ3v) is 2.88. The van der Waals surface area contributed by atoms with E-state index >= 15 is 0 Å². The Morgan fingerprint density at radius 2 is 2.15 bits per heavy atom. The van der Waals surface area contributed by atoms with E-state index in [1.165, 1.54) is 0 Å². The second-order valence-corrected chi connectivity index (χ2v) is 4.71. The number of amides is 1. The predicted octanol–water partition coefficient (Wildman–Crippen LogP) is 2.44. The Morgan fingerprint density at radius 1 is 1.35 bits per heavy atom. The fourth-order valence-electron chi connectivity index (χ4n) is 1.77. The summed E-state index contributed by atoms with van der Waals surface area (Å²) in [6.45, 7) is 4.68. The molecule has 0 saturated heterocycles. The van der Waals surface area contributed by atoms with E-state index in [1.807, 2.05) is 31.2 Å². The number of benzene rings is 1. The highest BCUT2D eigenvalue weighted by Gasteiger charge is 2.15. The zero-order valence-electron chi connectivity index (χ0n) is 11.9. The van der Waals surface area contributed by atoms with Crippen LogP contribution in [0.5, 0.6) is 5.75 Å². The molecule has 0 aliphatic heterocycles. The van der Waals surface area contributed by atoms with Gasteiger partial charge in [-0.25, -0.2) is 0 Å². The molecule has 0 fully saturated rings. The number of aryl methyl sites for hydroxylation is 2. The molecule has 5 nitrogen and oxygen atoms in total. The van der Waals surface area contributed by atoms with Crippen molar-refractivity contribution in [1.29, 1.82) is 0 Å². The van der Waals surface area contributed by atoms with Crippen LogP contribution in [0, 0.1) is 13.8 Å². The van der Waals surface area contributed by atoms with Gasteiger partial charge in [-0.1, -0.05) is 17.3 Å². The maximum absolute atomic E-state index is 12.0. The largest absolute Gasteiger partial charge is 0.492 e. The molecule has 2 aromatic rings. The van der Waals surface area contributed by atoms with E-state index in [1.54, 1.807) is 24.9 Å². The van der Waals surface area contributed by atoms with Gasteiger partial charge < -0.3 is 14.2 Å². The number of aromatic nitrogens is 1. The van der Waals surface area contributed by atoms with Crippen molar-refractivity contribution in [2.75, 3.05) is 20.2 Å². The molecule has 0 bridgehead atoms. The van der Waals surface area contributed by atoms with Crippen molar-refractivity contribution in [3.63, 3.8) is 0 Å². The van der Waals surface area contributed by atoms with Crippen molar-refractivity contribution in [2.45, 2.75) is 13.8 Å². The molecule has 0 saturated carbocycles. The molecule has 0 radical (unpaired) electrons. The van der Waals surface area contributed by atoms with Crippen LogP contribution in [0.2, 0.25) is 0 Å². The molecular formula is C15H18N2O3. The average Bonchev–Trinajstić information content (AvgIpc) is 2.84. The first-order chi connectivity index (χ1) is 9.56. The Morgan fingerprint density at radius 3 is 2.80 bits per heavy atom. The Bertz CT molecular complexity index is 592. The Labute approximate surface area is 118 Å². The van der Waals surface area contributed by atoms with Crippen LogP contribution in [-0.4, -0.2) is 36.2 Å². The van der Waals surface area contributed by atoms with Crippen LogP contribution < -0.4 is 4.74 Å². The molecule has 0 unspecified atom stereocenters. The quantitative estimate of drug-likeness (QED) is 0.840. The number of likely N-dealkylation sites (N-methyl/N-ethyl adjacent to an activating group) is 1. The van der Waals surface area contributed by atoms with Crippen molar-refractivity contribution in [2.24, 2.45) is 0 Å².